The molecule has 24 heavy (non-hydrogen) atoms. The second-order valence-electron chi connectivity index (χ2n) is 6.21. The zero-order valence-corrected chi connectivity index (χ0v) is 13.6. The van der Waals surface area contributed by atoms with E-state index in [0.29, 0.717) is 5.56 Å². The molecule has 4 rings (SSSR count). The SMILES string of the molecule is CN1CCN(Cc2cnc3ccc(C#N)cn23)CC1c1ncc[nH]1. The average Bonchev–Trinajstić information content (AvgIpc) is 3.26. The maximum atomic E-state index is 9.11. The fourth-order valence-corrected chi connectivity index (χ4v) is 3.27. The summed E-state index contributed by atoms with van der Waals surface area (Å²) in [7, 11) is 2.14. The molecule has 0 amide bonds. The summed E-state index contributed by atoms with van der Waals surface area (Å²) in [5.41, 5.74) is 2.62. The number of hydrogen-bond acceptors (Lipinski definition) is 5. The van der Waals surface area contributed by atoms with Gasteiger partial charge in [0, 0.05) is 44.8 Å². The molecule has 7 heteroatoms. The van der Waals surface area contributed by atoms with E-state index in [4.69, 9.17) is 5.26 Å². The molecule has 1 aliphatic rings. The number of nitrogens with zero attached hydrogens (tertiary/aromatic N) is 6. The molecule has 4 heterocycles. The second kappa shape index (κ2) is 6.07. The predicted molar refractivity (Wildman–Crippen MR) is 89.1 cm³/mol. The van der Waals surface area contributed by atoms with Crippen LogP contribution in [0.25, 0.3) is 5.65 Å². The molecule has 0 aromatic carbocycles. The molecule has 0 bridgehead atoms. The van der Waals surface area contributed by atoms with E-state index in [0.717, 1.165) is 43.3 Å². The van der Waals surface area contributed by atoms with Crippen molar-refractivity contribution in [1.82, 2.24) is 29.2 Å². The van der Waals surface area contributed by atoms with Gasteiger partial charge in [-0.15, -0.1) is 0 Å². The van der Waals surface area contributed by atoms with Gasteiger partial charge in [0.05, 0.1) is 23.5 Å². The van der Waals surface area contributed by atoms with Gasteiger partial charge in [-0.2, -0.15) is 5.26 Å². The standard InChI is InChI=1S/C17H19N7/c1-22-6-7-23(12-15(22)17-19-4-5-20-17)11-14-9-21-16-3-2-13(8-18)10-24(14)16/h2-5,9-10,15H,6-7,11-12H2,1H3,(H,19,20). The van der Waals surface area contributed by atoms with Gasteiger partial charge in [-0.1, -0.05) is 0 Å². The van der Waals surface area contributed by atoms with Crippen molar-refractivity contribution in [3.8, 4) is 6.07 Å². The van der Waals surface area contributed by atoms with Crippen LogP contribution in [0.2, 0.25) is 0 Å². The van der Waals surface area contributed by atoms with Crippen molar-refractivity contribution in [1.29, 1.82) is 5.26 Å². The molecule has 1 unspecified atom stereocenters. The third-order valence-electron chi connectivity index (χ3n) is 4.66. The second-order valence-corrected chi connectivity index (χ2v) is 6.21. The lowest BCUT2D eigenvalue weighted by atomic mass is 10.1. The van der Waals surface area contributed by atoms with Crippen molar-refractivity contribution in [3.05, 3.63) is 54.0 Å². The summed E-state index contributed by atoms with van der Waals surface area (Å²) >= 11 is 0. The number of pyridine rings is 1. The maximum Gasteiger partial charge on any atom is 0.137 e. The van der Waals surface area contributed by atoms with Crippen molar-refractivity contribution in [3.63, 3.8) is 0 Å². The van der Waals surface area contributed by atoms with Gasteiger partial charge >= 0.3 is 0 Å². The summed E-state index contributed by atoms with van der Waals surface area (Å²) in [6.07, 6.45) is 7.43. The van der Waals surface area contributed by atoms with Crippen molar-refractivity contribution in [2.45, 2.75) is 12.6 Å². The van der Waals surface area contributed by atoms with Crippen LogP contribution >= 0.6 is 0 Å². The molecule has 3 aromatic heterocycles. The number of aromatic amines is 1. The summed E-state index contributed by atoms with van der Waals surface area (Å²) in [4.78, 5) is 16.8. The molecule has 3 aromatic rings. The Bertz CT molecular complexity index is 874. The van der Waals surface area contributed by atoms with Gasteiger partial charge in [-0.25, -0.2) is 9.97 Å². The van der Waals surface area contributed by atoms with E-state index in [1.807, 2.05) is 29.1 Å². The molecule has 1 N–H and O–H groups in total. The van der Waals surface area contributed by atoms with Crippen LogP contribution in [0.3, 0.4) is 0 Å². The highest BCUT2D eigenvalue weighted by Crippen LogP contribution is 2.22. The highest BCUT2D eigenvalue weighted by atomic mass is 15.3. The molecule has 1 aliphatic heterocycles. The Labute approximate surface area is 140 Å². The van der Waals surface area contributed by atoms with Crippen LogP contribution in [0.1, 0.15) is 23.1 Å². The van der Waals surface area contributed by atoms with Crippen LogP contribution in [0.4, 0.5) is 0 Å². The van der Waals surface area contributed by atoms with Gasteiger partial charge in [-0.05, 0) is 19.2 Å². The maximum absolute atomic E-state index is 9.11. The lowest BCUT2D eigenvalue weighted by Crippen LogP contribution is -2.46. The van der Waals surface area contributed by atoms with Gasteiger partial charge in [0.25, 0.3) is 0 Å². The van der Waals surface area contributed by atoms with Gasteiger partial charge < -0.3 is 9.38 Å². The first-order chi connectivity index (χ1) is 11.7. The largest absolute Gasteiger partial charge is 0.347 e. The first-order valence-corrected chi connectivity index (χ1v) is 8.02. The van der Waals surface area contributed by atoms with E-state index in [9.17, 15) is 0 Å². The Hall–Kier alpha value is -2.69. The number of nitrogens with one attached hydrogen (secondary N) is 1. The molecular formula is C17H19N7. The monoisotopic (exact) mass is 321 g/mol. The fraction of sp³-hybridized carbons (Fsp3) is 0.353. The number of rotatable bonds is 3. The Morgan fingerprint density at radius 1 is 1.33 bits per heavy atom. The molecule has 0 radical (unpaired) electrons. The van der Waals surface area contributed by atoms with Crippen molar-refractivity contribution < 1.29 is 0 Å². The van der Waals surface area contributed by atoms with Crippen LogP contribution in [-0.2, 0) is 6.54 Å². The van der Waals surface area contributed by atoms with Crippen LogP contribution in [0, 0.1) is 11.3 Å². The van der Waals surface area contributed by atoms with E-state index in [1.54, 1.807) is 12.3 Å². The van der Waals surface area contributed by atoms with Crippen LogP contribution < -0.4 is 0 Å². The minimum absolute atomic E-state index is 0.266. The average molecular weight is 321 g/mol. The van der Waals surface area contributed by atoms with Crippen LogP contribution in [0.5, 0.6) is 0 Å². The zero-order chi connectivity index (χ0) is 16.5. The number of imidazole rings is 2. The van der Waals surface area contributed by atoms with Crippen LogP contribution in [-0.4, -0.2) is 55.8 Å². The first-order valence-electron chi connectivity index (χ1n) is 8.02. The highest BCUT2D eigenvalue weighted by molar-refractivity contribution is 5.44. The summed E-state index contributed by atoms with van der Waals surface area (Å²) in [5.74, 6) is 1.01. The summed E-state index contributed by atoms with van der Waals surface area (Å²) in [5, 5.41) is 9.11. The van der Waals surface area contributed by atoms with E-state index in [-0.39, 0.29) is 6.04 Å². The van der Waals surface area contributed by atoms with Crippen molar-refractivity contribution >= 4 is 5.65 Å². The third-order valence-corrected chi connectivity index (χ3v) is 4.66. The smallest absolute Gasteiger partial charge is 0.137 e. The van der Waals surface area contributed by atoms with E-state index >= 15 is 0 Å². The summed E-state index contributed by atoms with van der Waals surface area (Å²) in [6, 6.07) is 6.14. The fourth-order valence-electron chi connectivity index (χ4n) is 3.27. The lowest BCUT2D eigenvalue weighted by molar-refractivity contribution is 0.0853. The van der Waals surface area contributed by atoms with Crippen molar-refractivity contribution in [2.75, 3.05) is 26.7 Å². The van der Waals surface area contributed by atoms with E-state index < -0.39 is 0 Å². The summed E-state index contributed by atoms with van der Waals surface area (Å²) in [6.45, 7) is 3.71. The Morgan fingerprint density at radius 2 is 2.25 bits per heavy atom. The zero-order valence-electron chi connectivity index (χ0n) is 13.6. The topological polar surface area (TPSA) is 76.2 Å². The van der Waals surface area contributed by atoms with E-state index in [2.05, 4.69) is 37.9 Å². The Morgan fingerprint density at radius 3 is 3.04 bits per heavy atom. The molecule has 122 valence electrons. The number of piperazine rings is 1. The minimum Gasteiger partial charge on any atom is -0.347 e. The molecular weight excluding hydrogens is 302 g/mol. The molecule has 1 atom stereocenters. The predicted octanol–water partition coefficient (Wildman–Crippen LogP) is 1.42. The van der Waals surface area contributed by atoms with Crippen LogP contribution in [0.15, 0.2) is 36.9 Å². The third kappa shape index (κ3) is 2.66. The van der Waals surface area contributed by atoms with Gasteiger partial charge in [-0.3, -0.25) is 9.80 Å². The lowest BCUT2D eigenvalue weighted by Gasteiger charge is -2.38. The number of fused-ring (bicyclic) bond motifs is 1. The molecule has 0 saturated carbocycles. The number of hydrogen-bond donors (Lipinski definition) is 1. The number of aromatic nitrogens is 4. The highest BCUT2D eigenvalue weighted by Gasteiger charge is 2.27. The molecule has 1 fully saturated rings. The minimum atomic E-state index is 0.266. The number of nitriles is 1. The quantitative estimate of drug-likeness (QED) is 0.789. The molecule has 0 spiro atoms. The van der Waals surface area contributed by atoms with Gasteiger partial charge in [0.2, 0.25) is 0 Å². The van der Waals surface area contributed by atoms with Gasteiger partial charge in [0.1, 0.15) is 17.5 Å². The normalized spacial score (nSPS) is 19.6. The van der Waals surface area contributed by atoms with E-state index in [1.165, 1.54) is 0 Å². The first kappa shape index (κ1) is 14.9. The number of H-pyrrole nitrogens is 1. The Balaban J connectivity index is 1.56. The summed E-state index contributed by atoms with van der Waals surface area (Å²) < 4.78 is 2.01. The number of likely N-dealkylation sites (N-methyl/N-ethyl adjacent to an activating group) is 1. The molecule has 0 aliphatic carbocycles. The molecule has 1 saturated heterocycles. The van der Waals surface area contributed by atoms with Crippen molar-refractivity contribution in [2.24, 2.45) is 0 Å². The Kier molecular flexibility index (Phi) is 3.76. The molecule has 7 nitrogen and oxygen atoms in total. The van der Waals surface area contributed by atoms with Gasteiger partial charge in [0.15, 0.2) is 0 Å².